The molecule has 0 saturated carbocycles. The van der Waals surface area contributed by atoms with Gasteiger partial charge >= 0.3 is 0 Å². The number of hydrogen-bond acceptors (Lipinski definition) is 5. The number of morpholine rings is 1. The Morgan fingerprint density at radius 3 is 2.89 bits per heavy atom. The molecule has 100 valence electrons. The van der Waals surface area contributed by atoms with Gasteiger partial charge in [0.2, 0.25) is 5.89 Å². The molecule has 2 aromatic rings. The highest BCUT2D eigenvalue weighted by Gasteiger charge is 2.24. The van der Waals surface area contributed by atoms with E-state index in [2.05, 4.69) is 4.98 Å². The van der Waals surface area contributed by atoms with Crippen LogP contribution < -0.4 is 0 Å². The Morgan fingerprint density at radius 2 is 2.21 bits per heavy atom. The van der Waals surface area contributed by atoms with Crippen LogP contribution in [0.15, 0.2) is 21.9 Å². The summed E-state index contributed by atoms with van der Waals surface area (Å²) in [6, 6.07) is 3.86. The summed E-state index contributed by atoms with van der Waals surface area (Å²) in [5.41, 5.74) is 0.408. The van der Waals surface area contributed by atoms with E-state index in [-0.39, 0.29) is 5.91 Å². The highest BCUT2D eigenvalue weighted by Crippen LogP contribution is 2.26. The Morgan fingerprint density at radius 1 is 1.42 bits per heavy atom. The van der Waals surface area contributed by atoms with Crippen molar-refractivity contribution in [1.29, 1.82) is 0 Å². The first-order valence-corrected chi connectivity index (χ1v) is 7.02. The SMILES string of the molecule is Cc1oc(-c2cccs2)nc1C(=O)N1CCOCC1. The predicted molar refractivity (Wildman–Crippen MR) is 71.3 cm³/mol. The summed E-state index contributed by atoms with van der Waals surface area (Å²) < 4.78 is 10.8. The van der Waals surface area contributed by atoms with E-state index in [0.29, 0.717) is 43.6 Å². The minimum Gasteiger partial charge on any atom is -0.440 e. The minimum atomic E-state index is -0.0765. The number of aromatic nitrogens is 1. The molecule has 5 nitrogen and oxygen atoms in total. The third kappa shape index (κ3) is 2.41. The summed E-state index contributed by atoms with van der Waals surface area (Å²) in [6.45, 7) is 4.16. The van der Waals surface area contributed by atoms with Gasteiger partial charge in [-0.05, 0) is 18.4 Å². The van der Waals surface area contributed by atoms with E-state index in [0.717, 1.165) is 4.88 Å². The van der Waals surface area contributed by atoms with Crippen LogP contribution in [0.5, 0.6) is 0 Å². The molecule has 1 aliphatic heterocycles. The molecule has 3 heterocycles. The average Bonchev–Trinajstić information content (AvgIpc) is 3.08. The Balaban J connectivity index is 1.86. The average molecular weight is 278 g/mol. The van der Waals surface area contributed by atoms with Gasteiger partial charge in [-0.25, -0.2) is 4.98 Å². The number of ether oxygens (including phenoxy) is 1. The quantitative estimate of drug-likeness (QED) is 0.845. The first-order valence-electron chi connectivity index (χ1n) is 6.14. The summed E-state index contributed by atoms with van der Waals surface area (Å²) in [5.74, 6) is 1.01. The maximum atomic E-state index is 12.4. The molecular formula is C13H14N2O3S. The molecule has 6 heteroatoms. The fourth-order valence-electron chi connectivity index (χ4n) is 2.02. The second-order valence-corrected chi connectivity index (χ2v) is 5.25. The molecule has 0 atom stereocenters. The summed E-state index contributed by atoms with van der Waals surface area (Å²) in [7, 11) is 0. The maximum absolute atomic E-state index is 12.4. The van der Waals surface area contributed by atoms with Crippen LogP contribution in [-0.4, -0.2) is 42.1 Å². The van der Waals surface area contributed by atoms with Gasteiger partial charge in [-0.3, -0.25) is 4.79 Å². The number of carbonyl (C=O) groups is 1. The van der Waals surface area contributed by atoms with E-state index in [1.807, 2.05) is 17.5 Å². The van der Waals surface area contributed by atoms with Crippen LogP contribution in [-0.2, 0) is 4.74 Å². The smallest absolute Gasteiger partial charge is 0.276 e. The number of oxazole rings is 1. The molecule has 1 amide bonds. The zero-order chi connectivity index (χ0) is 13.2. The third-order valence-corrected chi connectivity index (χ3v) is 3.89. The normalized spacial score (nSPS) is 15.7. The lowest BCUT2D eigenvalue weighted by molar-refractivity contribution is 0.0298. The monoisotopic (exact) mass is 278 g/mol. The first kappa shape index (κ1) is 12.4. The lowest BCUT2D eigenvalue weighted by Crippen LogP contribution is -2.41. The topological polar surface area (TPSA) is 55.6 Å². The molecule has 0 spiro atoms. The van der Waals surface area contributed by atoms with E-state index in [1.54, 1.807) is 23.2 Å². The Kier molecular flexibility index (Phi) is 3.35. The molecule has 3 rings (SSSR count). The van der Waals surface area contributed by atoms with Crippen molar-refractivity contribution in [3.8, 4) is 10.8 Å². The second-order valence-electron chi connectivity index (χ2n) is 4.31. The number of rotatable bonds is 2. The van der Waals surface area contributed by atoms with Gasteiger partial charge in [0.25, 0.3) is 5.91 Å². The summed E-state index contributed by atoms with van der Waals surface area (Å²) in [5, 5.41) is 1.96. The largest absolute Gasteiger partial charge is 0.440 e. The molecule has 0 aliphatic carbocycles. The number of thiophene rings is 1. The van der Waals surface area contributed by atoms with Crippen LogP contribution >= 0.6 is 11.3 Å². The van der Waals surface area contributed by atoms with Crippen LogP contribution in [0.3, 0.4) is 0 Å². The zero-order valence-corrected chi connectivity index (χ0v) is 11.4. The van der Waals surface area contributed by atoms with Crippen molar-refractivity contribution in [3.05, 3.63) is 29.0 Å². The minimum absolute atomic E-state index is 0.0765. The molecule has 19 heavy (non-hydrogen) atoms. The third-order valence-electron chi connectivity index (χ3n) is 3.03. The van der Waals surface area contributed by atoms with Gasteiger partial charge < -0.3 is 14.1 Å². The number of aryl methyl sites for hydroxylation is 1. The molecule has 1 fully saturated rings. The predicted octanol–water partition coefficient (Wildman–Crippen LogP) is 2.18. The molecular weight excluding hydrogens is 264 g/mol. The van der Waals surface area contributed by atoms with Crippen LogP contribution in [0, 0.1) is 6.92 Å². The number of amides is 1. The van der Waals surface area contributed by atoms with E-state index >= 15 is 0 Å². The second kappa shape index (κ2) is 5.14. The number of carbonyl (C=O) groups excluding carboxylic acids is 1. The fraction of sp³-hybridized carbons (Fsp3) is 0.385. The molecule has 1 saturated heterocycles. The number of nitrogens with zero attached hydrogens (tertiary/aromatic N) is 2. The summed E-state index contributed by atoms with van der Waals surface area (Å²) >= 11 is 1.54. The van der Waals surface area contributed by atoms with Crippen LogP contribution in [0.1, 0.15) is 16.2 Å². The van der Waals surface area contributed by atoms with Crippen molar-refractivity contribution in [2.75, 3.05) is 26.3 Å². The lowest BCUT2D eigenvalue weighted by atomic mass is 10.3. The molecule has 0 N–H and O–H groups in total. The Labute approximate surface area is 114 Å². The van der Waals surface area contributed by atoms with Crippen LogP contribution in [0.2, 0.25) is 0 Å². The van der Waals surface area contributed by atoms with Crippen LogP contribution in [0.4, 0.5) is 0 Å². The Hall–Kier alpha value is -1.66. The fourth-order valence-corrected chi connectivity index (χ4v) is 2.67. The van der Waals surface area contributed by atoms with Gasteiger partial charge in [-0.2, -0.15) is 0 Å². The zero-order valence-electron chi connectivity index (χ0n) is 10.6. The Bertz CT molecular complexity index is 571. The highest BCUT2D eigenvalue weighted by molar-refractivity contribution is 7.13. The van der Waals surface area contributed by atoms with Gasteiger partial charge in [-0.1, -0.05) is 6.07 Å². The summed E-state index contributed by atoms with van der Waals surface area (Å²) in [4.78, 5) is 19.4. The number of hydrogen-bond donors (Lipinski definition) is 0. The van der Waals surface area contributed by atoms with Gasteiger partial charge in [0.05, 0.1) is 18.1 Å². The standard InChI is InChI=1S/C13H14N2O3S/c1-9-11(13(16)15-4-6-17-7-5-15)14-12(18-9)10-3-2-8-19-10/h2-3,8H,4-7H2,1H3. The van der Waals surface area contributed by atoms with E-state index in [1.165, 1.54) is 0 Å². The van der Waals surface area contributed by atoms with Crippen molar-refractivity contribution in [2.24, 2.45) is 0 Å². The molecule has 0 bridgehead atoms. The van der Waals surface area contributed by atoms with Crippen LogP contribution in [0.25, 0.3) is 10.8 Å². The molecule has 2 aromatic heterocycles. The van der Waals surface area contributed by atoms with Crippen molar-refractivity contribution in [1.82, 2.24) is 9.88 Å². The van der Waals surface area contributed by atoms with Gasteiger partial charge in [0.1, 0.15) is 5.76 Å². The first-order chi connectivity index (χ1) is 9.25. The highest BCUT2D eigenvalue weighted by atomic mass is 32.1. The van der Waals surface area contributed by atoms with Crippen molar-refractivity contribution < 1.29 is 13.9 Å². The molecule has 0 radical (unpaired) electrons. The molecule has 0 aromatic carbocycles. The summed E-state index contributed by atoms with van der Waals surface area (Å²) in [6.07, 6.45) is 0. The van der Waals surface area contributed by atoms with E-state index in [9.17, 15) is 4.79 Å². The maximum Gasteiger partial charge on any atom is 0.276 e. The van der Waals surface area contributed by atoms with Gasteiger partial charge in [-0.15, -0.1) is 11.3 Å². The van der Waals surface area contributed by atoms with E-state index in [4.69, 9.17) is 9.15 Å². The van der Waals surface area contributed by atoms with Crippen molar-refractivity contribution in [3.63, 3.8) is 0 Å². The van der Waals surface area contributed by atoms with Gasteiger partial charge in [0, 0.05) is 13.1 Å². The lowest BCUT2D eigenvalue weighted by Gasteiger charge is -2.26. The molecule has 0 unspecified atom stereocenters. The van der Waals surface area contributed by atoms with Crippen molar-refractivity contribution in [2.45, 2.75) is 6.92 Å². The van der Waals surface area contributed by atoms with E-state index < -0.39 is 0 Å². The van der Waals surface area contributed by atoms with Crippen molar-refractivity contribution >= 4 is 17.2 Å². The van der Waals surface area contributed by atoms with Gasteiger partial charge in [0.15, 0.2) is 5.69 Å². The molecule has 1 aliphatic rings.